The summed E-state index contributed by atoms with van der Waals surface area (Å²) in [4.78, 5) is 0. The van der Waals surface area contributed by atoms with Gasteiger partial charge in [-0.25, -0.2) is 0 Å². The van der Waals surface area contributed by atoms with Crippen LogP contribution in [0, 0.1) is 13.8 Å². The minimum atomic E-state index is 0.952. The largest absolute Gasteiger partial charge is 0.401 e. The van der Waals surface area contributed by atoms with Crippen LogP contribution in [0.3, 0.4) is 0 Å². The lowest BCUT2D eigenvalue weighted by atomic mass is 10.1. The molecule has 0 spiro atoms. The number of oxazole rings is 1. The Kier molecular flexibility index (Phi) is 2.58. The van der Waals surface area contributed by atoms with Crippen LogP contribution in [0.15, 0.2) is 34.7 Å². The maximum Gasteiger partial charge on any atom is 0.344 e. The molecule has 2 nitrogen and oxygen atoms in total. The molecular weight excluding hydrogens is 186 g/mol. The number of hydrogen-bond acceptors (Lipinski definition) is 1. The lowest BCUT2D eigenvalue weighted by Crippen LogP contribution is -2.36. The van der Waals surface area contributed by atoms with Gasteiger partial charge in [-0.1, -0.05) is 30.3 Å². The van der Waals surface area contributed by atoms with E-state index in [9.17, 15) is 0 Å². The van der Waals surface area contributed by atoms with Crippen molar-refractivity contribution in [2.45, 2.75) is 27.3 Å². The van der Waals surface area contributed by atoms with E-state index in [1.807, 2.05) is 25.1 Å². The molecule has 0 amide bonds. The van der Waals surface area contributed by atoms with Crippen molar-refractivity contribution in [2.75, 3.05) is 0 Å². The maximum atomic E-state index is 5.79. The number of hydrogen-bond donors (Lipinski definition) is 0. The highest BCUT2D eigenvalue weighted by Gasteiger charge is 2.21. The van der Waals surface area contributed by atoms with E-state index >= 15 is 0 Å². The molecule has 0 aliphatic rings. The Hall–Kier alpha value is -1.57. The average Bonchev–Trinajstić information content (AvgIpc) is 2.55. The van der Waals surface area contributed by atoms with Crippen LogP contribution in [0.4, 0.5) is 0 Å². The molecule has 0 unspecified atom stereocenters. The second kappa shape index (κ2) is 3.89. The molecule has 0 bridgehead atoms. The zero-order valence-corrected chi connectivity index (χ0v) is 9.45. The van der Waals surface area contributed by atoms with Crippen molar-refractivity contribution in [1.82, 2.24) is 0 Å². The fourth-order valence-corrected chi connectivity index (χ4v) is 1.95. The Labute approximate surface area is 90.2 Å². The lowest BCUT2D eigenvalue weighted by molar-refractivity contribution is -0.708. The Bertz CT molecular complexity index is 457. The maximum absolute atomic E-state index is 5.79. The van der Waals surface area contributed by atoms with Crippen molar-refractivity contribution in [3.63, 3.8) is 0 Å². The molecule has 2 heteroatoms. The molecule has 1 heterocycles. The van der Waals surface area contributed by atoms with Gasteiger partial charge >= 0.3 is 5.89 Å². The highest BCUT2D eigenvalue weighted by molar-refractivity contribution is 5.58. The van der Waals surface area contributed by atoms with Crippen molar-refractivity contribution < 1.29 is 8.98 Å². The summed E-state index contributed by atoms with van der Waals surface area (Å²) in [5.41, 5.74) is 2.34. The molecule has 0 N–H and O–H groups in total. The Morgan fingerprint density at radius 1 is 1.13 bits per heavy atom. The fourth-order valence-electron chi connectivity index (χ4n) is 1.95. The highest BCUT2D eigenvalue weighted by atomic mass is 16.4. The van der Waals surface area contributed by atoms with Crippen molar-refractivity contribution in [3.05, 3.63) is 41.9 Å². The van der Waals surface area contributed by atoms with Gasteiger partial charge in [0, 0.05) is 12.5 Å². The summed E-state index contributed by atoms with van der Waals surface area (Å²) in [5.74, 6) is 1.95. The van der Waals surface area contributed by atoms with Crippen LogP contribution in [0.2, 0.25) is 0 Å². The molecule has 78 valence electrons. The number of aryl methyl sites for hydroxylation is 1. The van der Waals surface area contributed by atoms with Crippen LogP contribution >= 0.6 is 0 Å². The van der Waals surface area contributed by atoms with E-state index < -0.39 is 0 Å². The second-order valence-electron chi connectivity index (χ2n) is 3.65. The Morgan fingerprint density at radius 3 is 2.33 bits per heavy atom. The van der Waals surface area contributed by atoms with Gasteiger partial charge < -0.3 is 4.42 Å². The SMILES string of the molecule is CC[n+]1c(C)oc(-c2ccccc2)c1C. The Balaban J connectivity index is 2.55. The number of benzene rings is 1. The second-order valence-corrected chi connectivity index (χ2v) is 3.65. The van der Waals surface area contributed by atoms with E-state index in [1.54, 1.807) is 0 Å². The molecule has 0 aliphatic heterocycles. The van der Waals surface area contributed by atoms with Crippen LogP contribution < -0.4 is 4.57 Å². The molecule has 0 fully saturated rings. The molecule has 1 aromatic heterocycles. The summed E-state index contributed by atoms with van der Waals surface area (Å²) in [5, 5.41) is 0. The number of rotatable bonds is 2. The zero-order chi connectivity index (χ0) is 10.8. The molecule has 2 rings (SSSR count). The fraction of sp³-hybridized carbons (Fsp3) is 0.308. The van der Waals surface area contributed by atoms with E-state index in [1.165, 1.54) is 5.69 Å². The minimum Gasteiger partial charge on any atom is -0.401 e. The van der Waals surface area contributed by atoms with Crippen LogP contribution in [0.25, 0.3) is 11.3 Å². The van der Waals surface area contributed by atoms with E-state index in [0.717, 1.165) is 23.8 Å². The van der Waals surface area contributed by atoms with Gasteiger partial charge in [0.15, 0.2) is 0 Å². The molecule has 0 saturated carbocycles. The smallest absolute Gasteiger partial charge is 0.344 e. The summed E-state index contributed by atoms with van der Waals surface area (Å²) in [6, 6.07) is 10.2. The topological polar surface area (TPSA) is 17.0 Å². The normalized spacial score (nSPS) is 10.6. The summed E-state index contributed by atoms with van der Waals surface area (Å²) in [7, 11) is 0. The predicted octanol–water partition coefficient (Wildman–Crippen LogP) is 2.87. The number of aromatic nitrogens is 1. The molecule has 0 aliphatic carbocycles. The molecule has 15 heavy (non-hydrogen) atoms. The third-order valence-corrected chi connectivity index (χ3v) is 2.72. The first-order valence-corrected chi connectivity index (χ1v) is 5.29. The van der Waals surface area contributed by atoms with Crippen LogP contribution in [0.5, 0.6) is 0 Å². The van der Waals surface area contributed by atoms with Crippen molar-refractivity contribution >= 4 is 0 Å². The summed E-state index contributed by atoms with van der Waals surface area (Å²) in [6.07, 6.45) is 0. The minimum absolute atomic E-state index is 0.952. The standard InChI is InChI=1S/C13H16NO/c1-4-14-10(2)13(15-11(14)3)12-8-6-5-7-9-12/h5-9H,4H2,1-3H3/q+1. The van der Waals surface area contributed by atoms with Gasteiger partial charge in [0.1, 0.15) is 6.54 Å². The van der Waals surface area contributed by atoms with Gasteiger partial charge in [-0.2, -0.15) is 4.57 Å². The molecular formula is C13H16NO+. The Morgan fingerprint density at radius 2 is 1.80 bits per heavy atom. The third kappa shape index (κ3) is 1.67. The van der Waals surface area contributed by atoms with Gasteiger partial charge in [0.05, 0.1) is 6.92 Å². The van der Waals surface area contributed by atoms with Crippen molar-refractivity contribution in [3.8, 4) is 11.3 Å². The van der Waals surface area contributed by atoms with Gasteiger partial charge in [-0.15, -0.1) is 0 Å². The summed E-state index contributed by atoms with van der Waals surface area (Å²) < 4.78 is 7.97. The third-order valence-electron chi connectivity index (χ3n) is 2.72. The van der Waals surface area contributed by atoms with E-state index in [-0.39, 0.29) is 0 Å². The van der Waals surface area contributed by atoms with E-state index in [2.05, 4.69) is 30.5 Å². The van der Waals surface area contributed by atoms with Crippen LogP contribution in [-0.4, -0.2) is 0 Å². The van der Waals surface area contributed by atoms with Gasteiger partial charge in [0.25, 0.3) is 0 Å². The van der Waals surface area contributed by atoms with Crippen LogP contribution in [-0.2, 0) is 6.54 Å². The highest BCUT2D eigenvalue weighted by Crippen LogP contribution is 2.22. The van der Waals surface area contributed by atoms with Crippen molar-refractivity contribution in [1.29, 1.82) is 0 Å². The first-order valence-electron chi connectivity index (χ1n) is 5.29. The van der Waals surface area contributed by atoms with Gasteiger partial charge in [0.2, 0.25) is 11.5 Å². The van der Waals surface area contributed by atoms with Crippen molar-refractivity contribution in [2.24, 2.45) is 0 Å². The predicted molar refractivity (Wildman–Crippen MR) is 59.5 cm³/mol. The first-order chi connectivity index (χ1) is 7.24. The zero-order valence-electron chi connectivity index (χ0n) is 9.45. The van der Waals surface area contributed by atoms with Gasteiger partial charge in [-0.3, -0.25) is 0 Å². The lowest BCUT2D eigenvalue weighted by Gasteiger charge is -1.93. The molecule has 0 atom stereocenters. The number of nitrogens with zero attached hydrogens (tertiary/aromatic N) is 1. The monoisotopic (exact) mass is 202 g/mol. The molecule has 1 aromatic carbocycles. The van der Waals surface area contributed by atoms with E-state index in [0.29, 0.717) is 0 Å². The first kappa shape index (κ1) is 9.97. The van der Waals surface area contributed by atoms with E-state index in [4.69, 9.17) is 4.42 Å². The van der Waals surface area contributed by atoms with Gasteiger partial charge in [-0.05, 0) is 6.92 Å². The summed E-state index contributed by atoms with van der Waals surface area (Å²) >= 11 is 0. The molecule has 2 aromatic rings. The summed E-state index contributed by atoms with van der Waals surface area (Å²) in [6.45, 7) is 7.18. The quantitative estimate of drug-likeness (QED) is 0.684. The average molecular weight is 202 g/mol. The molecule has 0 radical (unpaired) electrons. The molecule has 0 saturated heterocycles. The van der Waals surface area contributed by atoms with Crippen LogP contribution in [0.1, 0.15) is 18.5 Å².